The summed E-state index contributed by atoms with van der Waals surface area (Å²) in [7, 11) is 0. The number of ether oxygens (including phenoxy) is 8. The molecule has 56 heavy (non-hydrogen) atoms. The van der Waals surface area contributed by atoms with Gasteiger partial charge >= 0.3 is 0 Å². The van der Waals surface area contributed by atoms with Crippen LogP contribution in [-0.2, 0) is 37.9 Å². The van der Waals surface area contributed by atoms with Gasteiger partial charge in [-0.2, -0.15) is 0 Å². The average Bonchev–Trinajstić information content (AvgIpc) is 3.19. The zero-order valence-corrected chi connectivity index (χ0v) is 29.4. The van der Waals surface area contributed by atoms with Crippen molar-refractivity contribution in [1.29, 1.82) is 0 Å². The van der Waals surface area contributed by atoms with Gasteiger partial charge in [0.05, 0.1) is 39.6 Å². The lowest BCUT2D eigenvalue weighted by atomic mass is 9.95. The standard InChI is InChI=1S/C30H54O26/c31-1-7(37)13(39)23(8(38)2-32)53-28-20(46)25(16(42)10(4-34)50-28)55-30-22(48)26(17(43)12(6-36)52-30)56-29-21(47)24(15(41)11(5-35)51-29)54-27-19(45)18(44)14(40)9(3-33)49-27/h7-48H,1-6H2/t7-,8+,9+,10+,11+,12+,13+,14-,15-,16-,17-,18-,19+,20+,21+,22+,23+,24-,25-,26-,27-,28-,29-,30-/m0/s1. The molecule has 0 unspecified atom stereocenters. The van der Waals surface area contributed by atoms with Gasteiger partial charge in [-0.1, -0.05) is 0 Å². The fourth-order valence-electron chi connectivity index (χ4n) is 6.61. The van der Waals surface area contributed by atoms with E-state index >= 15 is 0 Å². The molecule has 330 valence electrons. The molecule has 24 atom stereocenters. The van der Waals surface area contributed by atoms with E-state index < -0.39 is 187 Å². The van der Waals surface area contributed by atoms with Gasteiger partial charge in [0.25, 0.3) is 0 Å². The van der Waals surface area contributed by atoms with E-state index in [1.807, 2.05) is 0 Å². The maximum Gasteiger partial charge on any atom is 0.187 e. The molecule has 0 aromatic rings. The lowest BCUT2D eigenvalue weighted by Gasteiger charge is -2.49. The molecule has 4 aliphatic heterocycles. The monoisotopic (exact) mass is 830 g/mol. The Hall–Kier alpha value is -1.04. The topological polar surface area (TPSA) is 438 Å². The highest BCUT2D eigenvalue weighted by Gasteiger charge is 2.56. The molecule has 0 bridgehead atoms. The second-order valence-corrected chi connectivity index (χ2v) is 13.7. The van der Waals surface area contributed by atoms with Crippen molar-refractivity contribution in [2.75, 3.05) is 39.6 Å². The normalized spacial score (nSPS) is 47.2. The Kier molecular flexibility index (Phi) is 17.8. The van der Waals surface area contributed by atoms with Gasteiger partial charge in [0.2, 0.25) is 0 Å². The van der Waals surface area contributed by atoms with E-state index in [2.05, 4.69) is 0 Å². The quantitative estimate of drug-likeness (QED) is 0.0647. The van der Waals surface area contributed by atoms with Gasteiger partial charge in [-0.25, -0.2) is 0 Å². The number of aliphatic hydroxyl groups is 18. The number of hydrogen-bond donors (Lipinski definition) is 18. The minimum Gasteiger partial charge on any atom is -0.394 e. The Bertz CT molecular complexity index is 1160. The van der Waals surface area contributed by atoms with Crippen molar-refractivity contribution < 1.29 is 130 Å². The van der Waals surface area contributed by atoms with E-state index in [-0.39, 0.29) is 0 Å². The molecule has 4 fully saturated rings. The summed E-state index contributed by atoms with van der Waals surface area (Å²) in [6.07, 6.45) is -46.5. The summed E-state index contributed by atoms with van der Waals surface area (Å²) in [5.41, 5.74) is 0. The molecule has 4 aliphatic rings. The molecule has 0 amide bonds. The Morgan fingerprint density at radius 1 is 0.375 bits per heavy atom. The van der Waals surface area contributed by atoms with Gasteiger partial charge in [-0.15, -0.1) is 0 Å². The van der Waals surface area contributed by atoms with Crippen molar-refractivity contribution in [3.63, 3.8) is 0 Å². The van der Waals surface area contributed by atoms with Crippen LogP contribution in [0.5, 0.6) is 0 Å². The van der Waals surface area contributed by atoms with Crippen LogP contribution in [0.3, 0.4) is 0 Å². The molecular weight excluding hydrogens is 776 g/mol. The summed E-state index contributed by atoms with van der Waals surface area (Å²) in [4.78, 5) is 0. The van der Waals surface area contributed by atoms with Crippen molar-refractivity contribution in [3.05, 3.63) is 0 Å². The lowest BCUT2D eigenvalue weighted by molar-refractivity contribution is -0.392. The minimum atomic E-state index is -2.20. The molecule has 0 aliphatic carbocycles. The van der Waals surface area contributed by atoms with Crippen molar-refractivity contribution in [3.8, 4) is 0 Å². The highest BCUT2D eigenvalue weighted by Crippen LogP contribution is 2.35. The number of aliphatic hydroxyl groups excluding tert-OH is 18. The maximum absolute atomic E-state index is 11.3. The third kappa shape index (κ3) is 10.1. The molecule has 4 rings (SSSR count). The van der Waals surface area contributed by atoms with Crippen LogP contribution in [0, 0.1) is 0 Å². The zero-order valence-electron chi connectivity index (χ0n) is 29.4. The summed E-state index contributed by atoms with van der Waals surface area (Å²) in [5, 5.41) is 186. The number of rotatable bonds is 17. The smallest absolute Gasteiger partial charge is 0.187 e. The Labute approximate surface area is 317 Å². The van der Waals surface area contributed by atoms with Crippen LogP contribution < -0.4 is 0 Å². The number of hydrogen-bond acceptors (Lipinski definition) is 26. The van der Waals surface area contributed by atoms with Crippen LogP contribution in [0.4, 0.5) is 0 Å². The second-order valence-electron chi connectivity index (χ2n) is 13.7. The first-order valence-corrected chi connectivity index (χ1v) is 17.5. The van der Waals surface area contributed by atoms with Gasteiger partial charge in [-0.3, -0.25) is 0 Å². The van der Waals surface area contributed by atoms with E-state index in [0.29, 0.717) is 0 Å². The summed E-state index contributed by atoms with van der Waals surface area (Å²) < 4.78 is 43.8. The van der Waals surface area contributed by atoms with Crippen LogP contribution in [-0.4, -0.2) is 279 Å². The average molecular weight is 831 g/mol. The van der Waals surface area contributed by atoms with E-state index in [0.717, 1.165) is 0 Å². The van der Waals surface area contributed by atoms with Crippen molar-refractivity contribution in [2.45, 2.75) is 147 Å². The van der Waals surface area contributed by atoms with Gasteiger partial charge in [0, 0.05) is 0 Å². The first-order chi connectivity index (χ1) is 26.5. The predicted octanol–water partition coefficient (Wildman–Crippen LogP) is -12.3. The first-order valence-electron chi connectivity index (χ1n) is 17.5. The van der Waals surface area contributed by atoms with Crippen molar-refractivity contribution >= 4 is 0 Å². The van der Waals surface area contributed by atoms with Crippen molar-refractivity contribution in [2.24, 2.45) is 0 Å². The van der Waals surface area contributed by atoms with Crippen LogP contribution in [0.15, 0.2) is 0 Å². The van der Waals surface area contributed by atoms with Gasteiger partial charge in [0.15, 0.2) is 25.2 Å². The van der Waals surface area contributed by atoms with E-state index in [9.17, 15) is 91.9 Å². The van der Waals surface area contributed by atoms with Crippen molar-refractivity contribution in [1.82, 2.24) is 0 Å². The van der Waals surface area contributed by atoms with Gasteiger partial charge in [0.1, 0.15) is 122 Å². The summed E-state index contributed by atoms with van der Waals surface area (Å²) in [6, 6.07) is 0. The highest BCUT2D eigenvalue weighted by molar-refractivity contribution is 4.98. The second kappa shape index (κ2) is 21.0. The largest absolute Gasteiger partial charge is 0.394 e. The highest BCUT2D eigenvalue weighted by atomic mass is 16.8. The fraction of sp³-hybridized carbons (Fsp3) is 1.00. The van der Waals surface area contributed by atoms with E-state index in [1.54, 1.807) is 0 Å². The van der Waals surface area contributed by atoms with Gasteiger partial charge < -0.3 is 130 Å². The predicted molar refractivity (Wildman–Crippen MR) is 169 cm³/mol. The third-order valence-corrected chi connectivity index (χ3v) is 9.96. The van der Waals surface area contributed by atoms with Gasteiger partial charge in [-0.05, 0) is 0 Å². The molecule has 26 nitrogen and oxygen atoms in total. The van der Waals surface area contributed by atoms with E-state index in [1.165, 1.54) is 0 Å². The molecule has 0 saturated carbocycles. The third-order valence-electron chi connectivity index (χ3n) is 9.96. The van der Waals surface area contributed by atoms with Crippen LogP contribution >= 0.6 is 0 Å². The molecule has 0 aromatic heterocycles. The molecule has 4 heterocycles. The molecule has 4 saturated heterocycles. The zero-order chi connectivity index (χ0) is 41.8. The molecule has 0 aromatic carbocycles. The summed E-state index contributed by atoms with van der Waals surface area (Å²) in [5.74, 6) is 0. The molecule has 18 N–H and O–H groups in total. The summed E-state index contributed by atoms with van der Waals surface area (Å²) >= 11 is 0. The van der Waals surface area contributed by atoms with Crippen LogP contribution in [0.2, 0.25) is 0 Å². The minimum absolute atomic E-state index is 0.856. The van der Waals surface area contributed by atoms with Crippen LogP contribution in [0.25, 0.3) is 0 Å². The molecular formula is C30H54O26. The fourth-order valence-corrected chi connectivity index (χ4v) is 6.61. The van der Waals surface area contributed by atoms with Crippen LogP contribution in [0.1, 0.15) is 0 Å². The lowest BCUT2D eigenvalue weighted by Crippen LogP contribution is -2.68. The molecule has 0 spiro atoms. The SMILES string of the molecule is OC[C@@H](O)[C@@H](O[C@@H]1O[C@H](CO)[C@H](O)[C@H](O[C@@H]2O[C@H](CO)[C@H](O)[C@H](O[C@@H]3O[C@H](CO)[C@H](O)[C@H](O[C@@H]4O[C@H](CO)[C@H](O)[C@H](O)[C@H]4O)[C@H]3O)[C@H]2O)[C@H]1O)[C@H](O)[C@@H](O)CO. The Balaban J connectivity index is 1.55. The Morgan fingerprint density at radius 3 is 1.05 bits per heavy atom. The Morgan fingerprint density at radius 2 is 0.696 bits per heavy atom. The molecule has 0 radical (unpaired) electrons. The summed E-state index contributed by atoms with van der Waals surface area (Å²) in [6.45, 7) is -5.91. The van der Waals surface area contributed by atoms with E-state index in [4.69, 9.17) is 37.9 Å². The first kappa shape index (κ1) is 47.6. The molecule has 26 heteroatoms. The maximum atomic E-state index is 11.3.